The second-order valence-electron chi connectivity index (χ2n) is 3.64. The van der Waals surface area contributed by atoms with Crippen molar-refractivity contribution in [3.63, 3.8) is 0 Å². The molecule has 0 saturated heterocycles. The molecule has 0 spiro atoms. The Morgan fingerprint density at radius 2 is 1.61 bits per heavy atom. The minimum atomic E-state index is 0. The number of benzene rings is 1. The highest BCUT2D eigenvalue weighted by Crippen LogP contribution is 2.16. The lowest BCUT2D eigenvalue weighted by molar-refractivity contribution is 0.463. The monoisotopic (exact) mass is 269 g/mol. The van der Waals surface area contributed by atoms with Crippen molar-refractivity contribution in [3.05, 3.63) is 53.9 Å². The molecule has 18 heavy (non-hydrogen) atoms. The molecule has 5 heteroatoms. The SMILES string of the molecule is Cl.O.Oc1ccc(CCc2ncccc2O)cc1. The largest absolute Gasteiger partial charge is 0.508 e. The van der Waals surface area contributed by atoms with E-state index in [1.165, 1.54) is 0 Å². The number of hydrogen-bond donors (Lipinski definition) is 2. The fraction of sp³-hybridized carbons (Fsp3) is 0.154. The highest BCUT2D eigenvalue weighted by Gasteiger charge is 2.01. The van der Waals surface area contributed by atoms with Crippen molar-refractivity contribution in [3.8, 4) is 11.5 Å². The number of phenols is 1. The fourth-order valence-corrected chi connectivity index (χ4v) is 1.55. The molecule has 0 saturated carbocycles. The van der Waals surface area contributed by atoms with Gasteiger partial charge in [0.15, 0.2) is 0 Å². The summed E-state index contributed by atoms with van der Waals surface area (Å²) in [5.74, 6) is 0.505. The van der Waals surface area contributed by atoms with Gasteiger partial charge in [-0.2, -0.15) is 0 Å². The van der Waals surface area contributed by atoms with Crippen molar-refractivity contribution in [1.82, 2.24) is 4.98 Å². The third kappa shape index (κ3) is 4.24. The van der Waals surface area contributed by atoms with Crippen molar-refractivity contribution in [2.24, 2.45) is 0 Å². The lowest BCUT2D eigenvalue weighted by atomic mass is 10.1. The molecular formula is C13H16ClNO3. The van der Waals surface area contributed by atoms with Crippen molar-refractivity contribution < 1.29 is 15.7 Å². The van der Waals surface area contributed by atoms with Crippen LogP contribution in [-0.4, -0.2) is 20.7 Å². The fourth-order valence-electron chi connectivity index (χ4n) is 1.55. The number of halogens is 1. The minimum absolute atomic E-state index is 0. The van der Waals surface area contributed by atoms with Gasteiger partial charge in [0.2, 0.25) is 0 Å². The molecule has 1 aromatic heterocycles. The molecule has 0 radical (unpaired) electrons. The quantitative estimate of drug-likeness (QED) is 0.892. The molecule has 0 fully saturated rings. The maximum atomic E-state index is 9.53. The van der Waals surface area contributed by atoms with E-state index in [0.717, 1.165) is 12.0 Å². The maximum Gasteiger partial charge on any atom is 0.137 e. The van der Waals surface area contributed by atoms with Gasteiger partial charge in [0.25, 0.3) is 0 Å². The molecule has 98 valence electrons. The van der Waals surface area contributed by atoms with Crippen molar-refractivity contribution in [2.75, 3.05) is 0 Å². The molecule has 0 amide bonds. The molecule has 1 aromatic carbocycles. The molecule has 0 atom stereocenters. The van der Waals surface area contributed by atoms with Crippen molar-refractivity contribution >= 4 is 12.4 Å². The number of aryl methyl sites for hydroxylation is 2. The Labute approximate surface area is 112 Å². The molecule has 0 aliphatic heterocycles. The van der Waals surface area contributed by atoms with Crippen LogP contribution in [0.25, 0.3) is 0 Å². The zero-order chi connectivity index (χ0) is 11.4. The van der Waals surface area contributed by atoms with Crippen LogP contribution in [0.1, 0.15) is 11.3 Å². The predicted molar refractivity (Wildman–Crippen MR) is 72.3 cm³/mol. The number of nitrogens with zero attached hydrogens (tertiary/aromatic N) is 1. The summed E-state index contributed by atoms with van der Waals surface area (Å²) in [6.07, 6.45) is 3.16. The van der Waals surface area contributed by atoms with Crippen LogP contribution in [0, 0.1) is 0 Å². The third-order valence-corrected chi connectivity index (χ3v) is 2.45. The van der Waals surface area contributed by atoms with Gasteiger partial charge in [-0.05, 0) is 42.7 Å². The van der Waals surface area contributed by atoms with E-state index in [1.54, 1.807) is 30.5 Å². The summed E-state index contributed by atoms with van der Waals surface area (Å²) in [6, 6.07) is 10.4. The van der Waals surface area contributed by atoms with Crippen LogP contribution in [-0.2, 0) is 12.8 Å². The third-order valence-electron chi connectivity index (χ3n) is 2.45. The minimum Gasteiger partial charge on any atom is -0.508 e. The highest BCUT2D eigenvalue weighted by molar-refractivity contribution is 5.85. The normalized spacial score (nSPS) is 9.11. The number of aromatic nitrogens is 1. The first kappa shape index (κ1) is 16.2. The molecule has 2 rings (SSSR count). The van der Waals surface area contributed by atoms with Crippen LogP contribution in [0.2, 0.25) is 0 Å². The van der Waals surface area contributed by atoms with Gasteiger partial charge < -0.3 is 15.7 Å². The Morgan fingerprint density at radius 1 is 0.944 bits per heavy atom. The van der Waals surface area contributed by atoms with E-state index >= 15 is 0 Å². The second kappa shape index (κ2) is 7.53. The number of pyridine rings is 1. The molecule has 0 aliphatic rings. The van der Waals surface area contributed by atoms with Gasteiger partial charge in [-0.1, -0.05) is 12.1 Å². The molecular weight excluding hydrogens is 254 g/mol. The average Bonchev–Trinajstić information content (AvgIpc) is 2.30. The summed E-state index contributed by atoms with van der Waals surface area (Å²) in [5, 5.41) is 18.7. The van der Waals surface area contributed by atoms with E-state index in [2.05, 4.69) is 4.98 Å². The Bertz CT molecular complexity index is 474. The predicted octanol–water partition coefficient (Wildman–Crippen LogP) is 1.88. The Kier molecular flexibility index (Phi) is 6.78. The molecule has 2 aromatic rings. The standard InChI is InChI=1S/C13H13NO2.ClH.H2O/c15-11-6-3-10(4-7-11)5-8-12-13(16)2-1-9-14-12;;/h1-4,6-7,9,15-16H,5,8H2;1H;1H2. The first-order valence-electron chi connectivity index (χ1n) is 5.16. The van der Waals surface area contributed by atoms with Gasteiger partial charge in [-0.3, -0.25) is 4.98 Å². The summed E-state index contributed by atoms with van der Waals surface area (Å²) in [6.45, 7) is 0. The zero-order valence-electron chi connectivity index (χ0n) is 9.71. The van der Waals surface area contributed by atoms with Crippen molar-refractivity contribution in [1.29, 1.82) is 0 Å². The molecule has 4 nitrogen and oxygen atoms in total. The van der Waals surface area contributed by atoms with Gasteiger partial charge in [0.1, 0.15) is 11.5 Å². The van der Waals surface area contributed by atoms with Gasteiger partial charge >= 0.3 is 0 Å². The number of rotatable bonds is 3. The van der Waals surface area contributed by atoms with Crippen LogP contribution in [0.3, 0.4) is 0 Å². The maximum absolute atomic E-state index is 9.53. The van der Waals surface area contributed by atoms with E-state index in [4.69, 9.17) is 5.11 Å². The van der Waals surface area contributed by atoms with E-state index in [-0.39, 0.29) is 29.4 Å². The number of hydrogen-bond acceptors (Lipinski definition) is 3. The smallest absolute Gasteiger partial charge is 0.137 e. The lowest BCUT2D eigenvalue weighted by Gasteiger charge is -2.03. The second-order valence-corrected chi connectivity index (χ2v) is 3.64. The topological polar surface area (TPSA) is 84.9 Å². The first-order chi connectivity index (χ1) is 7.75. The van der Waals surface area contributed by atoms with Crippen LogP contribution < -0.4 is 0 Å². The zero-order valence-corrected chi connectivity index (χ0v) is 10.5. The Balaban J connectivity index is 0.00000144. The van der Waals surface area contributed by atoms with Crippen LogP contribution >= 0.6 is 12.4 Å². The highest BCUT2D eigenvalue weighted by atomic mass is 35.5. The molecule has 1 heterocycles. The summed E-state index contributed by atoms with van der Waals surface area (Å²) in [5.41, 5.74) is 1.82. The summed E-state index contributed by atoms with van der Waals surface area (Å²) in [4.78, 5) is 4.11. The van der Waals surface area contributed by atoms with Crippen LogP contribution in [0.15, 0.2) is 42.6 Å². The van der Waals surface area contributed by atoms with E-state index in [9.17, 15) is 5.11 Å². The number of aromatic hydroxyl groups is 2. The van der Waals surface area contributed by atoms with Crippen molar-refractivity contribution in [2.45, 2.75) is 12.8 Å². The summed E-state index contributed by atoms with van der Waals surface area (Å²) >= 11 is 0. The van der Waals surface area contributed by atoms with E-state index < -0.39 is 0 Å². The molecule has 0 aliphatic carbocycles. The van der Waals surface area contributed by atoms with Gasteiger partial charge in [0.05, 0.1) is 5.69 Å². The number of phenolic OH excluding ortho intramolecular Hbond substituents is 1. The molecule has 4 N–H and O–H groups in total. The summed E-state index contributed by atoms with van der Waals surface area (Å²) < 4.78 is 0. The first-order valence-corrected chi connectivity index (χ1v) is 5.16. The van der Waals surface area contributed by atoms with Crippen LogP contribution in [0.5, 0.6) is 11.5 Å². The van der Waals surface area contributed by atoms with E-state index in [0.29, 0.717) is 12.1 Å². The van der Waals surface area contributed by atoms with Gasteiger partial charge in [0, 0.05) is 6.20 Å². The summed E-state index contributed by atoms with van der Waals surface area (Å²) in [7, 11) is 0. The molecule has 0 unspecified atom stereocenters. The Morgan fingerprint density at radius 3 is 2.22 bits per heavy atom. The lowest BCUT2D eigenvalue weighted by Crippen LogP contribution is -1.94. The molecule has 0 bridgehead atoms. The van der Waals surface area contributed by atoms with Gasteiger partial charge in [-0.25, -0.2) is 0 Å². The van der Waals surface area contributed by atoms with E-state index in [1.807, 2.05) is 12.1 Å². The van der Waals surface area contributed by atoms with Crippen LogP contribution in [0.4, 0.5) is 0 Å². The van der Waals surface area contributed by atoms with Gasteiger partial charge in [-0.15, -0.1) is 12.4 Å². The average molecular weight is 270 g/mol. The Hall–Kier alpha value is -1.78.